The van der Waals surface area contributed by atoms with E-state index in [0.29, 0.717) is 23.5 Å². The third-order valence-electron chi connectivity index (χ3n) is 3.79. The van der Waals surface area contributed by atoms with Gasteiger partial charge in [-0.3, -0.25) is 0 Å². The van der Waals surface area contributed by atoms with Crippen LogP contribution in [0.5, 0.6) is 11.5 Å². The van der Waals surface area contributed by atoms with Gasteiger partial charge in [0.1, 0.15) is 0 Å². The number of phenolic OH excluding ortho intramolecular Hbond substituents is 1. The molecule has 8 heteroatoms. The van der Waals surface area contributed by atoms with Gasteiger partial charge in [0.2, 0.25) is 0 Å². The van der Waals surface area contributed by atoms with Crippen LogP contribution in [0.2, 0.25) is 0 Å². The minimum Gasteiger partial charge on any atom is -0.504 e. The van der Waals surface area contributed by atoms with Gasteiger partial charge in [-0.1, -0.05) is 18.2 Å². The van der Waals surface area contributed by atoms with Crippen LogP contribution in [0, 0.1) is 0 Å². The first-order chi connectivity index (χ1) is 13.8. The molecular formula is C21H24O6S2. The third kappa shape index (κ3) is 6.54. The van der Waals surface area contributed by atoms with Crippen LogP contribution in [0.15, 0.2) is 52.3 Å². The van der Waals surface area contributed by atoms with Gasteiger partial charge < -0.3 is 14.6 Å². The quantitative estimate of drug-likeness (QED) is 0.360. The maximum absolute atomic E-state index is 12.1. The van der Waals surface area contributed by atoms with Crippen molar-refractivity contribution in [2.45, 2.75) is 24.5 Å². The van der Waals surface area contributed by atoms with Gasteiger partial charge in [0.05, 0.1) is 13.2 Å². The molecule has 0 fully saturated rings. The van der Waals surface area contributed by atoms with Crippen molar-refractivity contribution < 1.29 is 27.8 Å². The predicted molar refractivity (Wildman–Crippen MR) is 115 cm³/mol. The normalized spacial score (nSPS) is 11.9. The summed E-state index contributed by atoms with van der Waals surface area (Å²) in [5, 5.41) is 10.5. The summed E-state index contributed by atoms with van der Waals surface area (Å²) < 4.78 is 34.5. The topological polar surface area (TPSA) is 89.9 Å². The molecule has 0 atom stereocenters. The number of benzene rings is 2. The van der Waals surface area contributed by atoms with Crippen LogP contribution in [0.3, 0.4) is 0 Å². The fraction of sp³-hybridized carbons (Fsp3) is 0.286. The lowest BCUT2D eigenvalue weighted by Crippen LogP contribution is -2.15. The number of hydrogen-bond donors (Lipinski definition) is 1. The fourth-order valence-electron chi connectivity index (χ4n) is 2.50. The molecule has 1 N–H and O–H groups in total. The van der Waals surface area contributed by atoms with Crippen molar-refractivity contribution in [2.24, 2.45) is 0 Å². The zero-order valence-electron chi connectivity index (χ0n) is 16.5. The molecule has 0 aliphatic carbocycles. The highest BCUT2D eigenvalue weighted by Gasteiger charge is 2.22. The summed E-state index contributed by atoms with van der Waals surface area (Å²) >= 11 is 1.52. The summed E-state index contributed by atoms with van der Waals surface area (Å²) in [4.78, 5) is 12.7. The average Bonchev–Trinajstić information content (AvgIpc) is 2.67. The summed E-state index contributed by atoms with van der Waals surface area (Å²) in [6.07, 6.45) is 2.19. The Kier molecular flexibility index (Phi) is 8.16. The molecule has 0 heterocycles. The molecule has 2 aromatic carbocycles. The first kappa shape index (κ1) is 22.8. The second-order valence-corrected chi connectivity index (χ2v) is 9.10. The fourth-order valence-corrected chi connectivity index (χ4v) is 4.10. The molecule has 0 amide bonds. The lowest BCUT2D eigenvalue weighted by atomic mass is 10.1. The number of carbonyl (C=O) groups is 1. The highest BCUT2D eigenvalue weighted by Crippen LogP contribution is 2.36. The molecule has 0 unspecified atom stereocenters. The van der Waals surface area contributed by atoms with Crippen LogP contribution in [-0.2, 0) is 25.1 Å². The van der Waals surface area contributed by atoms with Crippen molar-refractivity contribution in [3.8, 4) is 11.5 Å². The van der Waals surface area contributed by atoms with Crippen molar-refractivity contribution in [1.29, 1.82) is 0 Å². The summed E-state index contributed by atoms with van der Waals surface area (Å²) in [5.74, 6) is -0.266. The van der Waals surface area contributed by atoms with Crippen molar-refractivity contribution >= 4 is 33.6 Å². The van der Waals surface area contributed by atoms with Crippen LogP contribution in [-0.4, -0.2) is 39.0 Å². The molecule has 0 radical (unpaired) electrons. The van der Waals surface area contributed by atoms with Crippen LogP contribution >= 0.6 is 11.8 Å². The Labute approximate surface area is 175 Å². The Morgan fingerprint density at radius 3 is 2.41 bits per heavy atom. The molecule has 0 bridgehead atoms. The van der Waals surface area contributed by atoms with Gasteiger partial charge in [-0.05, 0) is 49.8 Å². The lowest BCUT2D eigenvalue weighted by molar-refractivity contribution is -0.137. The van der Waals surface area contributed by atoms with Crippen LogP contribution < -0.4 is 4.74 Å². The number of phenols is 1. The highest BCUT2D eigenvalue weighted by atomic mass is 32.2. The van der Waals surface area contributed by atoms with Gasteiger partial charge in [-0.2, -0.15) is 0 Å². The SMILES string of the molecule is CCOC(=O)/C(=C/c1cc(CSc2ccccc2)c(O)c(OCC)c1)S(C)(=O)=O. The zero-order valence-corrected chi connectivity index (χ0v) is 18.2. The van der Waals surface area contributed by atoms with E-state index in [9.17, 15) is 18.3 Å². The zero-order chi connectivity index (χ0) is 21.4. The molecule has 2 rings (SSSR count). The van der Waals surface area contributed by atoms with E-state index in [2.05, 4.69) is 0 Å². The first-order valence-electron chi connectivity index (χ1n) is 9.01. The minimum absolute atomic E-state index is 0.00975. The second-order valence-electron chi connectivity index (χ2n) is 6.06. The maximum Gasteiger partial charge on any atom is 0.349 e. The Morgan fingerprint density at radius 1 is 1.14 bits per heavy atom. The number of ether oxygens (including phenoxy) is 2. The Balaban J connectivity index is 2.47. The maximum atomic E-state index is 12.1. The number of thioether (sulfide) groups is 1. The summed E-state index contributed by atoms with van der Waals surface area (Å²) in [6, 6.07) is 12.8. The van der Waals surface area contributed by atoms with Gasteiger partial charge in [0, 0.05) is 22.5 Å². The predicted octanol–water partition coefficient (Wildman–Crippen LogP) is 4.03. The molecule has 6 nitrogen and oxygen atoms in total. The Bertz CT molecular complexity index is 982. The van der Waals surface area contributed by atoms with Crippen LogP contribution in [0.4, 0.5) is 0 Å². The minimum atomic E-state index is -3.81. The molecule has 0 saturated carbocycles. The molecule has 0 spiro atoms. The van der Waals surface area contributed by atoms with Crippen LogP contribution in [0.1, 0.15) is 25.0 Å². The van der Waals surface area contributed by atoms with Crippen LogP contribution in [0.25, 0.3) is 6.08 Å². The number of rotatable bonds is 9. The highest BCUT2D eigenvalue weighted by molar-refractivity contribution is 7.98. The lowest BCUT2D eigenvalue weighted by Gasteiger charge is -2.13. The molecule has 0 aliphatic heterocycles. The smallest absolute Gasteiger partial charge is 0.349 e. The van der Waals surface area contributed by atoms with Crippen molar-refractivity contribution in [3.63, 3.8) is 0 Å². The van der Waals surface area contributed by atoms with Crippen molar-refractivity contribution in [1.82, 2.24) is 0 Å². The monoisotopic (exact) mass is 436 g/mol. The van der Waals surface area contributed by atoms with E-state index in [4.69, 9.17) is 9.47 Å². The van der Waals surface area contributed by atoms with Gasteiger partial charge in [-0.15, -0.1) is 11.8 Å². The van der Waals surface area contributed by atoms with Gasteiger partial charge >= 0.3 is 5.97 Å². The van der Waals surface area contributed by atoms with E-state index in [0.717, 1.165) is 11.2 Å². The van der Waals surface area contributed by atoms with Gasteiger partial charge in [-0.25, -0.2) is 13.2 Å². The van der Waals surface area contributed by atoms with E-state index in [-0.39, 0.29) is 18.1 Å². The Morgan fingerprint density at radius 2 is 1.83 bits per heavy atom. The summed E-state index contributed by atoms with van der Waals surface area (Å²) in [7, 11) is -3.81. The van der Waals surface area contributed by atoms with E-state index >= 15 is 0 Å². The molecule has 0 aromatic heterocycles. The van der Waals surface area contributed by atoms with E-state index in [1.165, 1.54) is 23.9 Å². The third-order valence-corrected chi connectivity index (χ3v) is 5.93. The molecule has 0 saturated heterocycles. The summed E-state index contributed by atoms with van der Waals surface area (Å²) in [5.41, 5.74) is 0.983. The molecule has 156 valence electrons. The number of sulfone groups is 1. The van der Waals surface area contributed by atoms with Gasteiger partial charge in [0.25, 0.3) is 0 Å². The largest absolute Gasteiger partial charge is 0.504 e. The molecule has 2 aromatic rings. The van der Waals surface area contributed by atoms with E-state index in [1.54, 1.807) is 19.9 Å². The number of hydrogen-bond acceptors (Lipinski definition) is 7. The number of carbonyl (C=O) groups excluding carboxylic acids is 1. The standard InChI is InChI=1S/C21H24O6S2/c1-4-26-18-12-15(13-19(29(3,24)25)21(23)27-5-2)11-16(20(18)22)14-28-17-9-7-6-8-10-17/h6-13,22H,4-5,14H2,1-3H3/b19-13-. The average molecular weight is 437 g/mol. The molecule has 29 heavy (non-hydrogen) atoms. The van der Waals surface area contributed by atoms with E-state index in [1.807, 2.05) is 30.3 Å². The van der Waals surface area contributed by atoms with Gasteiger partial charge in [0.15, 0.2) is 26.2 Å². The second kappa shape index (κ2) is 10.4. The first-order valence-corrected chi connectivity index (χ1v) is 11.9. The number of esters is 1. The molecule has 0 aliphatic rings. The van der Waals surface area contributed by atoms with E-state index < -0.39 is 20.7 Å². The summed E-state index contributed by atoms with van der Waals surface area (Å²) in [6.45, 7) is 3.76. The van der Waals surface area contributed by atoms with Crippen molar-refractivity contribution in [3.05, 3.63) is 58.5 Å². The number of aromatic hydroxyl groups is 1. The Hall–Kier alpha value is -2.45. The van der Waals surface area contributed by atoms with Crippen molar-refractivity contribution in [2.75, 3.05) is 19.5 Å². The molecular weight excluding hydrogens is 412 g/mol.